The van der Waals surface area contributed by atoms with Gasteiger partial charge in [0.15, 0.2) is 5.75 Å². The minimum absolute atomic E-state index is 0. The molecule has 1 unspecified atom stereocenters. The highest BCUT2D eigenvalue weighted by Crippen LogP contribution is 2.51. The smallest absolute Gasteiger partial charge is 0.322 e. The van der Waals surface area contributed by atoms with Crippen molar-refractivity contribution in [3.63, 3.8) is 0 Å². The number of hydrogen-bond donors (Lipinski definition) is 4. The summed E-state index contributed by atoms with van der Waals surface area (Å²) in [7, 11) is -2.76. The van der Waals surface area contributed by atoms with E-state index >= 15 is 0 Å². The number of ether oxygens (including phenoxy) is 1. The maximum Gasteiger partial charge on any atom is 0.322 e. The molecule has 0 bridgehead atoms. The molecule has 1 aromatic heterocycles. The zero-order valence-electron chi connectivity index (χ0n) is 25.1. The fraction of sp³-hybridized carbons (Fsp3) is 0.452. The number of methoxy groups -OCH3 is 1. The van der Waals surface area contributed by atoms with Gasteiger partial charge >= 0.3 is 5.97 Å². The summed E-state index contributed by atoms with van der Waals surface area (Å²) in [6.45, 7) is 4.10. The van der Waals surface area contributed by atoms with Crippen LogP contribution in [-0.2, 0) is 41.0 Å². The quantitative estimate of drug-likeness (QED) is 0.260. The van der Waals surface area contributed by atoms with Crippen LogP contribution in [-0.4, -0.2) is 73.6 Å². The topological polar surface area (TPSA) is 164 Å². The van der Waals surface area contributed by atoms with E-state index in [1.54, 1.807) is 18.7 Å². The highest BCUT2D eigenvalue weighted by Gasteiger charge is 2.47. The molecule has 1 aliphatic heterocycles. The highest BCUT2D eigenvalue weighted by molar-refractivity contribution is 7.90. The first-order valence-electron chi connectivity index (χ1n) is 14.4. The number of benzene rings is 2. The van der Waals surface area contributed by atoms with Gasteiger partial charge in [-0.2, -0.15) is 0 Å². The summed E-state index contributed by atoms with van der Waals surface area (Å²) in [5, 5.41) is 3.89. The second-order valence-electron chi connectivity index (χ2n) is 12.2. The summed E-state index contributed by atoms with van der Waals surface area (Å²) in [5.74, 6) is -2.17. The zero-order valence-corrected chi connectivity index (χ0v) is 26.7. The first kappa shape index (κ1) is 33.4. The molecular formula is C31H40ClN5O6S. The van der Waals surface area contributed by atoms with Gasteiger partial charge in [-0.15, -0.1) is 12.4 Å². The van der Waals surface area contributed by atoms with E-state index in [1.807, 2.05) is 54.7 Å². The largest absolute Gasteiger partial charge is 0.468 e. The standard InChI is InChI=1S/C31H39N5O6S.ClH/c1-30(2,32)29(39)34-25(16-20-18-33-24-11-7-5-8-21(20)24)28(38)36-14-12-31(13-15-36)17-26(22-9-4-6-10-23(22)31)35-43(40,41)19-27(37)42-3;/h4-11,18,25-26,33,35H,12-17,19,32H2,1-3H3,(H,34,39);1H/t25?,26-;/m1./s1. The number of H-pyrrole nitrogens is 1. The van der Waals surface area contributed by atoms with Gasteiger partial charge < -0.3 is 25.7 Å². The van der Waals surface area contributed by atoms with Crippen molar-refractivity contribution in [1.29, 1.82) is 0 Å². The molecule has 0 radical (unpaired) electrons. The van der Waals surface area contributed by atoms with Crippen LogP contribution >= 0.6 is 12.4 Å². The van der Waals surface area contributed by atoms with Crippen molar-refractivity contribution in [2.24, 2.45) is 5.73 Å². The molecule has 1 aliphatic carbocycles. The van der Waals surface area contributed by atoms with Crippen LogP contribution in [0.3, 0.4) is 0 Å². The van der Waals surface area contributed by atoms with Gasteiger partial charge in [0, 0.05) is 48.1 Å². The summed E-state index contributed by atoms with van der Waals surface area (Å²) >= 11 is 0. The normalized spacial score (nSPS) is 18.4. The monoisotopic (exact) mass is 645 g/mol. The Morgan fingerprint density at radius 3 is 2.45 bits per heavy atom. The third kappa shape index (κ3) is 6.93. The lowest BCUT2D eigenvalue weighted by molar-refractivity contribution is -0.138. The Morgan fingerprint density at radius 1 is 1.11 bits per heavy atom. The molecule has 5 rings (SSSR count). The lowest BCUT2D eigenvalue weighted by atomic mass is 9.73. The van der Waals surface area contributed by atoms with Crippen molar-refractivity contribution in [3.8, 4) is 0 Å². The second kappa shape index (κ2) is 12.9. The van der Waals surface area contributed by atoms with Gasteiger partial charge in [-0.05, 0) is 55.9 Å². The molecule has 2 aliphatic rings. The molecule has 5 N–H and O–H groups in total. The van der Waals surface area contributed by atoms with E-state index in [1.165, 1.54) is 0 Å². The van der Waals surface area contributed by atoms with Crippen LogP contribution in [0.15, 0.2) is 54.7 Å². The van der Waals surface area contributed by atoms with Crippen molar-refractivity contribution in [2.75, 3.05) is 26.0 Å². The van der Waals surface area contributed by atoms with Gasteiger partial charge in [0.1, 0.15) is 6.04 Å². The zero-order chi connectivity index (χ0) is 31.0. The van der Waals surface area contributed by atoms with Gasteiger partial charge in [0.05, 0.1) is 12.6 Å². The number of para-hydroxylation sites is 1. The first-order valence-corrected chi connectivity index (χ1v) is 16.1. The number of amides is 2. The molecule has 44 heavy (non-hydrogen) atoms. The summed E-state index contributed by atoms with van der Waals surface area (Å²) in [6.07, 6.45) is 3.94. The van der Waals surface area contributed by atoms with Gasteiger partial charge in [0.25, 0.3) is 0 Å². The maximum atomic E-state index is 14.0. The third-order valence-corrected chi connectivity index (χ3v) is 9.94. The van der Waals surface area contributed by atoms with Gasteiger partial charge in [-0.1, -0.05) is 42.5 Å². The molecule has 2 heterocycles. The number of halogens is 1. The summed E-state index contributed by atoms with van der Waals surface area (Å²) < 4.78 is 32.7. The summed E-state index contributed by atoms with van der Waals surface area (Å²) in [4.78, 5) is 43.6. The van der Waals surface area contributed by atoms with E-state index in [9.17, 15) is 22.8 Å². The number of carbonyl (C=O) groups is 3. The Bertz CT molecular complexity index is 1640. The molecule has 1 spiro atoms. The van der Waals surface area contributed by atoms with E-state index in [4.69, 9.17) is 5.73 Å². The van der Waals surface area contributed by atoms with E-state index < -0.39 is 45.3 Å². The Hall–Kier alpha value is -3.45. The number of aromatic nitrogens is 1. The number of nitrogens with zero attached hydrogens (tertiary/aromatic N) is 1. The van der Waals surface area contributed by atoms with Crippen LogP contribution in [0.5, 0.6) is 0 Å². The molecule has 0 saturated carbocycles. The second-order valence-corrected chi connectivity index (χ2v) is 14.0. The number of carbonyl (C=O) groups excluding carboxylic acids is 3. The van der Waals surface area contributed by atoms with Gasteiger partial charge in [-0.25, -0.2) is 13.1 Å². The van der Waals surface area contributed by atoms with Crippen molar-refractivity contribution < 1.29 is 27.5 Å². The molecule has 1 saturated heterocycles. The predicted octanol–water partition coefficient (Wildman–Crippen LogP) is 2.45. The lowest BCUT2D eigenvalue weighted by Crippen LogP contribution is -2.58. The maximum absolute atomic E-state index is 14.0. The van der Waals surface area contributed by atoms with E-state index in [0.717, 1.165) is 34.7 Å². The minimum atomic E-state index is -3.92. The third-order valence-electron chi connectivity index (χ3n) is 8.68. The molecule has 2 amide bonds. The summed E-state index contributed by atoms with van der Waals surface area (Å²) in [5.41, 5.74) is 8.38. The van der Waals surface area contributed by atoms with E-state index in [2.05, 4.69) is 19.8 Å². The summed E-state index contributed by atoms with van der Waals surface area (Å²) in [6, 6.07) is 14.2. The van der Waals surface area contributed by atoms with Crippen LogP contribution in [0.4, 0.5) is 0 Å². The Balaban J connectivity index is 0.00000442. The van der Waals surface area contributed by atoms with Gasteiger partial charge in [-0.3, -0.25) is 14.4 Å². The Kier molecular flexibility index (Phi) is 9.79. The number of nitrogens with one attached hydrogen (secondary N) is 3. The molecular weight excluding hydrogens is 606 g/mol. The molecule has 13 heteroatoms. The molecule has 11 nitrogen and oxygen atoms in total. The predicted molar refractivity (Wildman–Crippen MR) is 170 cm³/mol. The number of esters is 1. The molecule has 2 atom stereocenters. The number of nitrogens with two attached hydrogens (primary N) is 1. The number of aromatic amines is 1. The number of sulfonamides is 1. The number of likely N-dealkylation sites (tertiary alicyclic amines) is 1. The van der Waals surface area contributed by atoms with Crippen LogP contribution < -0.4 is 15.8 Å². The van der Waals surface area contributed by atoms with Crippen LogP contribution in [0, 0.1) is 0 Å². The average molecular weight is 646 g/mol. The number of rotatable bonds is 9. The lowest BCUT2D eigenvalue weighted by Gasteiger charge is -2.41. The molecule has 238 valence electrons. The molecule has 2 aromatic carbocycles. The first-order chi connectivity index (χ1) is 20.3. The highest BCUT2D eigenvalue weighted by atomic mass is 35.5. The van der Waals surface area contributed by atoms with Crippen LogP contribution in [0.1, 0.15) is 55.8 Å². The van der Waals surface area contributed by atoms with Crippen LogP contribution in [0.2, 0.25) is 0 Å². The fourth-order valence-corrected chi connectivity index (χ4v) is 7.54. The van der Waals surface area contributed by atoms with Crippen molar-refractivity contribution in [1.82, 2.24) is 19.9 Å². The van der Waals surface area contributed by atoms with Crippen molar-refractivity contribution >= 4 is 51.1 Å². The number of piperidine rings is 1. The van der Waals surface area contributed by atoms with Crippen molar-refractivity contribution in [2.45, 2.75) is 62.6 Å². The average Bonchev–Trinajstić information content (AvgIpc) is 3.50. The molecule has 3 aromatic rings. The van der Waals surface area contributed by atoms with E-state index in [-0.39, 0.29) is 23.7 Å². The molecule has 1 fully saturated rings. The minimum Gasteiger partial charge on any atom is -0.468 e. The fourth-order valence-electron chi connectivity index (χ4n) is 6.39. The van der Waals surface area contributed by atoms with Crippen molar-refractivity contribution in [3.05, 3.63) is 71.4 Å². The number of fused-ring (bicyclic) bond motifs is 3. The SMILES string of the molecule is COC(=O)CS(=O)(=O)N[C@@H]1CC2(CCN(C(=O)C(Cc3c[nH]c4ccccc34)NC(=O)C(C)(C)N)CC2)c2ccccc21.Cl. The van der Waals surface area contributed by atoms with Gasteiger partial charge in [0.2, 0.25) is 21.8 Å². The number of hydrogen-bond acceptors (Lipinski definition) is 7. The van der Waals surface area contributed by atoms with E-state index in [0.29, 0.717) is 38.8 Å². The van der Waals surface area contributed by atoms with Crippen LogP contribution in [0.25, 0.3) is 10.9 Å². The Labute approximate surface area is 263 Å². The Morgan fingerprint density at radius 2 is 1.77 bits per heavy atom.